The van der Waals surface area contributed by atoms with E-state index in [-0.39, 0.29) is 5.75 Å². The van der Waals surface area contributed by atoms with E-state index in [0.717, 1.165) is 19.4 Å². The summed E-state index contributed by atoms with van der Waals surface area (Å²) in [6.45, 7) is 1.93. The minimum atomic E-state index is -3.41. The highest BCUT2D eigenvalue weighted by molar-refractivity contribution is 7.89. The predicted octanol–water partition coefficient (Wildman–Crippen LogP) is 0.878. The summed E-state index contributed by atoms with van der Waals surface area (Å²) in [7, 11) is -2.09. The van der Waals surface area contributed by atoms with Gasteiger partial charge in [0, 0.05) is 32.0 Å². The van der Waals surface area contributed by atoms with Crippen LogP contribution in [0.4, 0.5) is 0 Å². The van der Waals surface area contributed by atoms with Gasteiger partial charge in [-0.25, -0.2) is 17.7 Å². The Bertz CT molecular complexity index is 644. The molecule has 1 saturated carbocycles. The maximum absolute atomic E-state index is 12.6. The van der Waals surface area contributed by atoms with Gasteiger partial charge in [0.1, 0.15) is 0 Å². The molecule has 1 saturated heterocycles. The lowest BCUT2D eigenvalue weighted by Crippen LogP contribution is -2.43. The number of sulfonamides is 1. The second-order valence-corrected chi connectivity index (χ2v) is 8.60. The SMILES string of the molecule is COC(=O)C1(CS(=O)(=O)N2CCC(Cn3ccnc3)CC2)CC1. The van der Waals surface area contributed by atoms with Crippen molar-refractivity contribution in [1.29, 1.82) is 0 Å². The maximum atomic E-state index is 12.6. The summed E-state index contributed by atoms with van der Waals surface area (Å²) in [5.74, 6) is -0.0407. The molecule has 3 rings (SSSR count). The number of carbonyl (C=O) groups excluding carboxylic acids is 1. The maximum Gasteiger partial charge on any atom is 0.312 e. The summed E-state index contributed by atoms with van der Waals surface area (Å²) in [4.78, 5) is 15.8. The summed E-state index contributed by atoms with van der Waals surface area (Å²) in [6.07, 6.45) is 8.35. The zero-order valence-electron chi connectivity index (χ0n) is 13.3. The number of aromatic nitrogens is 2. The van der Waals surface area contributed by atoms with E-state index in [2.05, 4.69) is 4.98 Å². The molecule has 1 aromatic heterocycles. The van der Waals surface area contributed by atoms with Crippen LogP contribution in [0.1, 0.15) is 25.7 Å². The lowest BCUT2D eigenvalue weighted by molar-refractivity contribution is -0.146. The molecule has 2 fully saturated rings. The fourth-order valence-electron chi connectivity index (χ4n) is 3.28. The molecule has 1 aromatic rings. The summed E-state index contributed by atoms with van der Waals surface area (Å²) < 4.78 is 33.5. The molecule has 0 aromatic carbocycles. The number of nitrogens with zero attached hydrogens (tertiary/aromatic N) is 3. The molecule has 128 valence electrons. The second kappa shape index (κ2) is 6.24. The molecule has 23 heavy (non-hydrogen) atoms. The number of rotatable bonds is 6. The molecule has 0 spiro atoms. The zero-order valence-corrected chi connectivity index (χ0v) is 14.2. The molecule has 0 amide bonds. The Morgan fingerprint density at radius 2 is 2.04 bits per heavy atom. The van der Waals surface area contributed by atoms with E-state index in [1.807, 2.05) is 10.8 Å². The van der Waals surface area contributed by atoms with E-state index in [0.29, 0.717) is 31.8 Å². The largest absolute Gasteiger partial charge is 0.469 e. The standard InChI is InChI=1S/C15H23N3O4S/c1-22-14(19)15(4-5-15)11-23(20,21)18-7-2-13(3-8-18)10-17-9-6-16-12-17/h6,9,12-13H,2-5,7-8,10-11H2,1H3. The Balaban J connectivity index is 1.55. The molecule has 1 aliphatic heterocycles. The van der Waals surface area contributed by atoms with Crippen molar-refractivity contribution in [3.8, 4) is 0 Å². The van der Waals surface area contributed by atoms with Crippen LogP contribution in [0.3, 0.4) is 0 Å². The Morgan fingerprint density at radius 3 is 2.57 bits per heavy atom. The van der Waals surface area contributed by atoms with Crippen molar-refractivity contribution >= 4 is 16.0 Å². The van der Waals surface area contributed by atoms with Crippen LogP contribution in [0.2, 0.25) is 0 Å². The molecule has 1 aliphatic carbocycles. The predicted molar refractivity (Wildman–Crippen MR) is 84.0 cm³/mol. The fraction of sp³-hybridized carbons (Fsp3) is 0.733. The quantitative estimate of drug-likeness (QED) is 0.718. The molecular formula is C15H23N3O4S. The number of methoxy groups -OCH3 is 1. The summed E-state index contributed by atoms with van der Waals surface area (Å²) >= 11 is 0. The van der Waals surface area contributed by atoms with E-state index in [1.54, 1.807) is 16.8 Å². The highest BCUT2D eigenvalue weighted by atomic mass is 32.2. The molecule has 0 bridgehead atoms. The van der Waals surface area contributed by atoms with Gasteiger partial charge in [-0.3, -0.25) is 4.79 Å². The zero-order chi connectivity index (χ0) is 16.5. The Morgan fingerprint density at radius 1 is 1.35 bits per heavy atom. The van der Waals surface area contributed by atoms with Crippen molar-refractivity contribution in [2.45, 2.75) is 32.2 Å². The second-order valence-electron chi connectivity index (χ2n) is 6.63. The van der Waals surface area contributed by atoms with E-state index in [4.69, 9.17) is 4.74 Å². The van der Waals surface area contributed by atoms with Crippen LogP contribution < -0.4 is 0 Å². The van der Waals surface area contributed by atoms with Gasteiger partial charge in [-0.1, -0.05) is 0 Å². The van der Waals surface area contributed by atoms with Gasteiger partial charge in [-0.05, 0) is 31.6 Å². The van der Waals surface area contributed by atoms with Crippen LogP contribution >= 0.6 is 0 Å². The smallest absolute Gasteiger partial charge is 0.312 e. The van der Waals surface area contributed by atoms with Crippen LogP contribution in [-0.4, -0.2) is 54.2 Å². The van der Waals surface area contributed by atoms with Gasteiger partial charge in [0.15, 0.2) is 0 Å². The topological polar surface area (TPSA) is 81.5 Å². The van der Waals surface area contributed by atoms with Gasteiger partial charge in [-0.15, -0.1) is 0 Å². The van der Waals surface area contributed by atoms with Gasteiger partial charge in [-0.2, -0.15) is 0 Å². The number of piperidine rings is 1. The average Bonchev–Trinajstić information content (AvgIpc) is 3.12. The molecule has 2 aliphatic rings. The first-order valence-electron chi connectivity index (χ1n) is 7.97. The van der Waals surface area contributed by atoms with E-state index < -0.39 is 21.4 Å². The number of hydrogen-bond acceptors (Lipinski definition) is 5. The van der Waals surface area contributed by atoms with Crippen LogP contribution in [0.25, 0.3) is 0 Å². The lowest BCUT2D eigenvalue weighted by Gasteiger charge is -2.32. The molecule has 0 radical (unpaired) electrons. The first-order chi connectivity index (χ1) is 11.0. The first kappa shape index (κ1) is 16.4. The van der Waals surface area contributed by atoms with E-state index in [1.165, 1.54) is 7.11 Å². The summed E-state index contributed by atoms with van der Waals surface area (Å²) in [6, 6.07) is 0. The van der Waals surface area contributed by atoms with E-state index >= 15 is 0 Å². The third-order valence-corrected chi connectivity index (χ3v) is 7.00. The minimum Gasteiger partial charge on any atom is -0.469 e. The van der Waals surface area contributed by atoms with Gasteiger partial charge in [0.2, 0.25) is 10.0 Å². The Kier molecular flexibility index (Phi) is 4.46. The highest BCUT2D eigenvalue weighted by Gasteiger charge is 2.54. The lowest BCUT2D eigenvalue weighted by atomic mass is 9.98. The molecule has 2 heterocycles. The van der Waals surface area contributed by atoms with Gasteiger partial charge in [0.05, 0.1) is 24.6 Å². The normalized spacial score (nSPS) is 22.0. The van der Waals surface area contributed by atoms with Crippen molar-refractivity contribution < 1.29 is 17.9 Å². The monoisotopic (exact) mass is 341 g/mol. The minimum absolute atomic E-state index is 0.112. The van der Waals surface area contributed by atoms with Crippen LogP contribution in [0, 0.1) is 11.3 Å². The molecule has 7 nitrogen and oxygen atoms in total. The van der Waals surface area contributed by atoms with E-state index in [9.17, 15) is 13.2 Å². The number of ether oxygens (including phenoxy) is 1. The Hall–Kier alpha value is -1.41. The van der Waals surface area contributed by atoms with Crippen LogP contribution in [-0.2, 0) is 26.1 Å². The number of hydrogen-bond donors (Lipinski definition) is 0. The van der Waals surface area contributed by atoms with Crippen molar-refractivity contribution in [3.05, 3.63) is 18.7 Å². The molecule has 0 atom stereocenters. The van der Waals surface area contributed by atoms with Crippen molar-refractivity contribution in [1.82, 2.24) is 13.9 Å². The number of imidazole rings is 1. The number of esters is 1. The first-order valence-corrected chi connectivity index (χ1v) is 9.58. The van der Waals surface area contributed by atoms with Crippen LogP contribution in [0.15, 0.2) is 18.7 Å². The van der Waals surface area contributed by atoms with Crippen molar-refractivity contribution in [3.63, 3.8) is 0 Å². The molecule has 0 unspecified atom stereocenters. The molecule has 8 heteroatoms. The molecule has 0 N–H and O–H groups in total. The summed E-state index contributed by atoms with van der Waals surface area (Å²) in [5, 5.41) is 0. The third-order valence-electron chi connectivity index (χ3n) is 4.93. The number of carbonyl (C=O) groups is 1. The van der Waals surface area contributed by atoms with Gasteiger partial charge >= 0.3 is 5.97 Å². The van der Waals surface area contributed by atoms with Crippen molar-refractivity contribution in [2.24, 2.45) is 11.3 Å². The highest BCUT2D eigenvalue weighted by Crippen LogP contribution is 2.48. The van der Waals surface area contributed by atoms with Crippen molar-refractivity contribution in [2.75, 3.05) is 26.0 Å². The molecular weight excluding hydrogens is 318 g/mol. The third kappa shape index (κ3) is 3.58. The van der Waals surface area contributed by atoms with Crippen LogP contribution in [0.5, 0.6) is 0 Å². The average molecular weight is 341 g/mol. The summed E-state index contributed by atoms with van der Waals surface area (Å²) in [5.41, 5.74) is -0.790. The Labute approximate surface area is 136 Å². The van der Waals surface area contributed by atoms with Gasteiger partial charge < -0.3 is 9.30 Å². The fourth-order valence-corrected chi connectivity index (χ4v) is 5.33. The van der Waals surface area contributed by atoms with Gasteiger partial charge in [0.25, 0.3) is 0 Å².